The van der Waals surface area contributed by atoms with E-state index in [0.29, 0.717) is 31.8 Å². The fraction of sp³-hybridized carbons (Fsp3) is 0.632. The van der Waals surface area contributed by atoms with Crippen molar-refractivity contribution in [3.05, 3.63) is 18.2 Å². The van der Waals surface area contributed by atoms with E-state index in [1.165, 1.54) is 25.9 Å². The van der Waals surface area contributed by atoms with Gasteiger partial charge in [0.15, 0.2) is 5.96 Å². The zero-order valence-corrected chi connectivity index (χ0v) is 18.5. The molecule has 1 aromatic carbocycles. The van der Waals surface area contributed by atoms with Crippen molar-refractivity contribution in [2.75, 3.05) is 38.2 Å². The molecule has 2 rings (SSSR count). The van der Waals surface area contributed by atoms with Crippen LogP contribution in [-0.2, 0) is 0 Å². The van der Waals surface area contributed by atoms with E-state index in [9.17, 15) is 0 Å². The fourth-order valence-corrected chi connectivity index (χ4v) is 3.14. The van der Waals surface area contributed by atoms with E-state index in [4.69, 9.17) is 15.2 Å². The molecule has 0 radical (unpaired) electrons. The molecule has 6 nitrogen and oxygen atoms in total. The van der Waals surface area contributed by atoms with Crippen molar-refractivity contribution in [1.29, 1.82) is 0 Å². The molecule has 0 amide bonds. The van der Waals surface area contributed by atoms with Gasteiger partial charge in [0.25, 0.3) is 0 Å². The van der Waals surface area contributed by atoms with Gasteiger partial charge in [0.1, 0.15) is 11.5 Å². The largest absolute Gasteiger partial charge is 0.494 e. The number of likely N-dealkylation sites (tertiary alicyclic amines) is 1. The van der Waals surface area contributed by atoms with E-state index in [-0.39, 0.29) is 24.0 Å². The maximum absolute atomic E-state index is 6.12. The average molecular weight is 476 g/mol. The number of ether oxygens (including phenoxy) is 2. The molecule has 1 heterocycles. The number of nitrogens with two attached hydrogens (primary N) is 1. The van der Waals surface area contributed by atoms with Crippen molar-refractivity contribution >= 4 is 35.6 Å². The number of hydrogen-bond acceptors (Lipinski definition) is 4. The first-order chi connectivity index (χ1) is 12.2. The second-order valence-electron chi connectivity index (χ2n) is 6.18. The summed E-state index contributed by atoms with van der Waals surface area (Å²) >= 11 is 0. The normalized spacial score (nSPS) is 16.0. The van der Waals surface area contributed by atoms with Crippen molar-refractivity contribution in [2.24, 2.45) is 10.7 Å². The Morgan fingerprint density at radius 1 is 1.19 bits per heavy atom. The van der Waals surface area contributed by atoms with E-state index >= 15 is 0 Å². The van der Waals surface area contributed by atoms with Crippen molar-refractivity contribution in [2.45, 2.75) is 46.1 Å². The molecule has 7 heteroatoms. The summed E-state index contributed by atoms with van der Waals surface area (Å²) in [6.45, 7) is 10.4. The third kappa shape index (κ3) is 6.83. The Hall–Kier alpha value is -1.22. The van der Waals surface area contributed by atoms with Gasteiger partial charge >= 0.3 is 0 Å². The van der Waals surface area contributed by atoms with Crippen LogP contribution in [0.3, 0.4) is 0 Å². The van der Waals surface area contributed by atoms with Crippen LogP contribution in [0.25, 0.3) is 0 Å². The molecule has 0 saturated carbocycles. The lowest BCUT2D eigenvalue weighted by atomic mass is 10.2. The Kier molecular flexibility index (Phi) is 10.7. The molecule has 0 aromatic heterocycles. The number of halogens is 1. The standard InChI is InChI=1S/C19H32N4O2.HI/c1-4-15(23-11-7-8-12-23)14-21-19(20)22-17-13-16(24-5-2)9-10-18(17)25-6-3;/h9-10,13,15H,4-8,11-12,14H2,1-3H3,(H3,20,21,22);1H. The summed E-state index contributed by atoms with van der Waals surface area (Å²) in [4.78, 5) is 7.07. The van der Waals surface area contributed by atoms with E-state index in [1.54, 1.807) is 0 Å². The quantitative estimate of drug-likeness (QED) is 0.323. The van der Waals surface area contributed by atoms with Crippen LogP contribution < -0.4 is 20.5 Å². The molecule has 0 bridgehead atoms. The average Bonchev–Trinajstić information content (AvgIpc) is 3.12. The van der Waals surface area contributed by atoms with Gasteiger partial charge in [-0.05, 0) is 58.3 Å². The third-order valence-electron chi connectivity index (χ3n) is 4.43. The molecule has 0 aliphatic carbocycles. The van der Waals surface area contributed by atoms with Crippen LogP contribution in [0.1, 0.15) is 40.0 Å². The first kappa shape index (κ1) is 22.8. The number of hydrogen-bond donors (Lipinski definition) is 2. The van der Waals surface area contributed by atoms with Gasteiger partial charge in [-0.1, -0.05) is 6.92 Å². The zero-order valence-electron chi connectivity index (χ0n) is 16.2. The summed E-state index contributed by atoms with van der Waals surface area (Å²) < 4.78 is 11.2. The van der Waals surface area contributed by atoms with E-state index in [1.807, 2.05) is 32.0 Å². The number of nitrogens with zero attached hydrogens (tertiary/aromatic N) is 2. The molecule has 148 valence electrons. The lowest BCUT2D eigenvalue weighted by molar-refractivity contribution is 0.242. The fourth-order valence-electron chi connectivity index (χ4n) is 3.14. The van der Waals surface area contributed by atoms with Crippen molar-refractivity contribution in [1.82, 2.24) is 4.90 Å². The highest BCUT2D eigenvalue weighted by Gasteiger charge is 2.20. The van der Waals surface area contributed by atoms with Crippen molar-refractivity contribution in [3.63, 3.8) is 0 Å². The first-order valence-electron chi connectivity index (χ1n) is 9.38. The van der Waals surface area contributed by atoms with Crippen LogP contribution in [0.4, 0.5) is 5.69 Å². The van der Waals surface area contributed by atoms with Gasteiger partial charge < -0.3 is 20.5 Å². The van der Waals surface area contributed by atoms with Gasteiger partial charge in [-0.2, -0.15) is 0 Å². The van der Waals surface area contributed by atoms with Crippen molar-refractivity contribution < 1.29 is 9.47 Å². The Labute approximate surface area is 174 Å². The molecule has 26 heavy (non-hydrogen) atoms. The molecule has 3 N–H and O–H groups in total. The number of nitrogens with one attached hydrogen (secondary N) is 1. The third-order valence-corrected chi connectivity index (χ3v) is 4.43. The highest BCUT2D eigenvalue weighted by atomic mass is 127. The Balaban J connectivity index is 0.00000338. The topological polar surface area (TPSA) is 72.1 Å². The Bertz CT molecular complexity index is 562. The summed E-state index contributed by atoms with van der Waals surface area (Å²) in [5, 5.41) is 3.17. The highest BCUT2D eigenvalue weighted by molar-refractivity contribution is 14.0. The van der Waals surface area contributed by atoms with Crippen LogP contribution >= 0.6 is 24.0 Å². The van der Waals surface area contributed by atoms with Crippen LogP contribution in [0.2, 0.25) is 0 Å². The van der Waals surface area contributed by atoms with Crippen LogP contribution in [0, 0.1) is 0 Å². The maximum atomic E-state index is 6.12. The van der Waals surface area contributed by atoms with Gasteiger partial charge in [-0.3, -0.25) is 9.89 Å². The van der Waals surface area contributed by atoms with E-state index in [0.717, 1.165) is 23.6 Å². The van der Waals surface area contributed by atoms with Gasteiger partial charge in [0.2, 0.25) is 0 Å². The molecule has 1 aliphatic heterocycles. The molecule has 1 saturated heterocycles. The summed E-state index contributed by atoms with van der Waals surface area (Å²) in [6.07, 6.45) is 3.66. The molecule has 1 unspecified atom stereocenters. The van der Waals surface area contributed by atoms with E-state index in [2.05, 4.69) is 22.1 Å². The van der Waals surface area contributed by atoms with Crippen LogP contribution in [0.15, 0.2) is 23.2 Å². The number of anilines is 1. The number of benzene rings is 1. The predicted molar refractivity (Wildman–Crippen MR) is 119 cm³/mol. The number of rotatable bonds is 9. The van der Waals surface area contributed by atoms with E-state index < -0.39 is 0 Å². The smallest absolute Gasteiger partial charge is 0.193 e. The number of guanidine groups is 1. The highest BCUT2D eigenvalue weighted by Crippen LogP contribution is 2.29. The predicted octanol–water partition coefficient (Wildman–Crippen LogP) is 3.70. The van der Waals surface area contributed by atoms with Crippen LogP contribution in [-0.4, -0.2) is 49.7 Å². The molecule has 1 aromatic rings. The first-order valence-corrected chi connectivity index (χ1v) is 9.38. The maximum Gasteiger partial charge on any atom is 0.193 e. The Morgan fingerprint density at radius 3 is 2.50 bits per heavy atom. The summed E-state index contributed by atoms with van der Waals surface area (Å²) in [6, 6.07) is 6.15. The molecular weight excluding hydrogens is 443 g/mol. The number of aliphatic imine (C=N–C) groups is 1. The SMILES string of the molecule is CCOc1ccc(OCC)c(NC(N)=NCC(CC)N2CCCC2)c1.I. The molecule has 1 fully saturated rings. The molecular formula is C19H33IN4O2. The lowest BCUT2D eigenvalue weighted by Gasteiger charge is -2.24. The monoisotopic (exact) mass is 476 g/mol. The molecule has 1 atom stereocenters. The second-order valence-corrected chi connectivity index (χ2v) is 6.18. The minimum Gasteiger partial charge on any atom is -0.494 e. The molecule has 1 aliphatic rings. The lowest BCUT2D eigenvalue weighted by Crippen LogP contribution is -2.35. The van der Waals surface area contributed by atoms with Gasteiger partial charge in [-0.15, -0.1) is 24.0 Å². The Morgan fingerprint density at radius 2 is 1.88 bits per heavy atom. The summed E-state index contributed by atoms with van der Waals surface area (Å²) in [7, 11) is 0. The van der Waals surface area contributed by atoms with Crippen LogP contribution in [0.5, 0.6) is 11.5 Å². The van der Waals surface area contributed by atoms with Gasteiger partial charge in [0, 0.05) is 12.1 Å². The minimum absolute atomic E-state index is 0. The van der Waals surface area contributed by atoms with Crippen molar-refractivity contribution in [3.8, 4) is 11.5 Å². The molecule has 0 spiro atoms. The van der Waals surface area contributed by atoms with Gasteiger partial charge in [0.05, 0.1) is 25.4 Å². The summed E-state index contributed by atoms with van der Waals surface area (Å²) in [5.41, 5.74) is 6.90. The minimum atomic E-state index is 0. The summed E-state index contributed by atoms with van der Waals surface area (Å²) in [5.74, 6) is 1.94. The van der Waals surface area contributed by atoms with Gasteiger partial charge in [-0.25, -0.2) is 0 Å². The zero-order chi connectivity index (χ0) is 18.1. The second kappa shape index (κ2) is 12.2.